The lowest BCUT2D eigenvalue weighted by molar-refractivity contribution is -0.140. The van der Waals surface area contributed by atoms with Crippen LogP contribution in [0.15, 0.2) is 48.5 Å². The Hall–Kier alpha value is -3.84. The minimum absolute atomic E-state index is 0.0110. The lowest BCUT2D eigenvalue weighted by Gasteiger charge is -2.16. The molecule has 0 radical (unpaired) electrons. The van der Waals surface area contributed by atoms with Crippen molar-refractivity contribution in [3.8, 4) is 11.5 Å². The third-order valence-electron chi connectivity index (χ3n) is 4.53. The minimum atomic E-state index is -1.31. The number of carbonyl (C=O) groups excluding carboxylic acids is 5. The number of esters is 2. The van der Waals surface area contributed by atoms with E-state index in [1.165, 1.54) is 55.5 Å². The standard InChI is InChI=1S/C24H24N2O9S2/c1-13(27)25-17(11-36)23(32)35-19-9-5-3-7-15(19)22(31)34-20-10-6-4-8-16(20)24(33)37-12-18(21(29)30)26-14(2)28/h3-10,17-18,36H,11-12H2,1-2H3,(H,25,27)(H,26,28)(H,29,30). The average molecular weight is 549 g/mol. The molecule has 2 aromatic carbocycles. The molecule has 37 heavy (non-hydrogen) atoms. The number of hydrogen-bond acceptors (Lipinski definition) is 10. The molecule has 0 saturated carbocycles. The van der Waals surface area contributed by atoms with Gasteiger partial charge in [0.1, 0.15) is 29.1 Å². The number of para-hydroxylation sites is 2. The largest absolute Gasteiger partial charge is 0.480 e. The summed E-state index contributed by atoms with van der Waals surface area (Å²) in [5.74, 6) is -4.64. The van der Waals surface area contributed by atoms with Crippen molar-refractivity contribution in [3.63, 3.8) is 0 Å². The van der Waals surface area contributed by atoms with Crippen molar-refractivity contribution in [2.45, 2.75) is 25.9 Å². The molecular weight excluding hydrogens is 524 g/mol. The zero-order valence-electron chi connectivity index (χ0n) is 19.8. The van der Waals surface area contributed by atoms with Gasteiger partial charge in [0.2, 0.25) is 16.9 Å². The first-order chi connectivity index (χ1) is 17.5. The zero-order valence-corrected chi connectivity index (χ0v) is 21.5. The van der Waals surface area contributed by atoms with Crippen molar-refractivity contribution < 1.29 is 43.3 Å². The fourth-order valence-electron chi connectivity index (χ4n) is 2.86. The number of amides is 2. The number of carboxylic acids is 1. The van der Waals surface area contributed by atoms with Crippen LogP contribution >= 0.6 is 24.4 Å². The van der Waals surface area contributed by atoms with Gasteiger partial charge in [-0.15, -0.1) is 0 Å². The number of thioether (sulfide) groups is 1. The number of thiol groups is 1. The summed E-state index contributed by atoms with van der Waals surface area (Å²) in [6.07, 6.45) is 0. The third kappa shape index (κ3) is 8.95. The molecule has 0 heterocycles. The highest BCUT2D eigenvalue weighted by molar-refractivity contribution is 8.14. The van der Waals surface area contributed by atoms with Crippen molar-refractivity contribution in [1.29, 1.82) is 0 Å². The van der Waals surface area contributed by atoms with E-state index in [1.807, 2.05) is 0 Å². The molecule has 11 nitrogen and oxygen atoms in total. The summed E-state index contributed by atoms with van der Waals surface area (Å²) < 4.78 is 10.7. The predicted molar refractivity (Wildman–Crippen MR) is 137 cm³/mol. The Kier molecular flexibility index (Phi) is 11.2. The van der Waals surface area contributed by atoms with Crippen molar-refractivity contribution in [2.75, 3.05) is 11.5 Å². The minimum Gasteiger partial charge on any atom is -0.480 e. The van der Waals surface area contributed by atoms with Crippen LogP contribution in [-0.4, -0.2) is 63.5 Å². The van der Waals surface area contributed by atoms with Crippen LogP contribution in [0.3, 0.4) is 0 Å². The Labute approximate surface area is 221 Å². The van der Waals surface area contributed by atoms with E-state index in [2.05, 4.69) is 23.3 Å². The highest BCUT2D eigenvalue weighted by Gasteiger charge is 2.25. The molecule has 0 aliphatic rings. The van der Waals surface area contributed by atoms with Crippen LogP contribution in [0, 0.1) is 0 Å². The summed E-state index contributed by atoms with van der Waals surface area (Å²) in [5.41, 5.74) is -0.133. The predicted octanol–water partition coefficient (Wildman–Crippen LogP) is 1.71. The first-order valence-corrected chi connectivity index (χ1v) is 12.3. The van der Waals surface area contributed by atoms with Crippen LogP contribution < -0.4 is 20.1 Å². The highest BCUT2D eigenvalue weighted by Crippen LogP contribution is 2.27. The van der Waals surface area contributed by atoms with E-state index >= 15 is 0 Å². The number of nitrogens with one attached hydrogen (secondary N) is 2. The van der Waals surface area contributed by atoms with Crippen molar-refractivity contribution in [1.82, 2.24) is 10.6 Å². The van der Waals surface area contributed by atoms with Gasteiger partial charge in [0.05, 0.1) is 5.56 Å². The summed E-state index contributed by atoms with van der Waals surface area (Å²) in [4.78, 5) is 71.9. The maximum Gasteiger partial charge on any atom is 0.347 e. The van der Waals surface area contributed by atoms with Gasteiger partial charge in [0.25, 0.3) is 0 Å². The smallest absolute Gasteiger partial charge is 0.347 e. The fraction of sp³-hybridized carbons (Fsp3) is 0.250. The molecule has 2 aromatic rings. The van der Waals surface area contributed by atoms with Gasteiger partial charge in [-0.2, -0.15) is 12.6 Å². The molecule has 0 aliphatic carbocycles. The normalized spacial score (nSPS) is 12.0. The second-order valence-electron chi connectivity index (χ2n) is 7.43. The Morgan fingerprint density at radius 3 is 1.89 bits per heavy atom. The summed E-state index contributed by atoms with van der Waals surface area (Å²) in [7, 11) is 0. The van der Waals surface area contributed by atoms with E-state index < -0.39 is 46.9 Å². The highest BCUT2D eigenvalue weighted by atomic mass is 32.2. The van der Waals surface area contributed by atoms with Gasteiger partial charge in [-0.3, -0.25) is 14.4 Å². The lowest BCUT2D eigenvalue weighted by atomic mass is 10.2. The van der Waals surface area contributed by atoms with Crippen LogP contribution in [-0.2, 0) is 19.2 Å². The molecule has 0 aliphatic heterocycles. The van der Waals surface area contributed by atoms with Gasteiger partial charge in [-0.25, -0.2) is 14.4 Å². The van der Waals surface area contributed by atoms with E-state index in [0.717, 1.165) is 6.92 Å². The lowest BCUT2D eigenvalue weighted by Crippen LogP contribution is -2.43. The molecule has 2 amide bonds. The first kappa shape index (κ1) is 29.4. The van der Waals surface area contributed by atoms with E-state index in [0.29, 0.717) is 11.8 Å². The quantitative estimate of drug-likeness (QED) is 0.184. The van der Waals surface area contributed by atoms with Gasteiger partial charge in [-0.05, 0) is 24.3 Å². The van der Waals surface area contributed by atoms with E-state index in [4.69, 9.17) is 9.47 Å². The molecule has 3 N–H and O–H groups in total. The summed E-state index contributed by atoms with van der Waals surface area (Å²) in [5, 5.41) is 13.2. The Balaban J connectivity index is 2.19. The first-order valence-electron chi connectivity index (χ1n) is 10.7. The Morgan fingerprint density at radius 2 is 1.35 bits per heavy atom. The number of benzene rings is 2. The zero-order chi connectivity index (χ0) is 27.5. The SMILES string of the molecule is CC(=O)NC(CSC(=O)c1ccccc1OC(=O)c1ccccc1OC(=O)C(CS)NC(C)=O)C(=O)O. The summed E-state index contributed by atoms with van der Waals surface area (Å²) in [6.45, 7) is 2.39. The van der Waals surface area contributed by atoms with Gasteiger partial charge < -0.3 is 25.2 Å². The Morgan fingerprint density at radius 1 is 0.838 bits per heavy atom. The summed E-state index contributed by atoms with van der Waals surface area (Å²) >= 11 is 4.65. The van der Waals surface area contributed by atoms with Crippen LogP contribution in [0.2, 0.25) is 0 Å². The number of carboxylic acid groups (broad SMARTS) is 1. The van der Waals surface area contributed by atoms with Gasteiger partial charge in [0.15, 0.2) is 0 Å². The molecule has 0 fully saturated rings. The molecule has 13 heteroatoms. The van der Waals surface area contributed by atoms with E-state index in [1.54, 1.807) is 0 Å². The molecular formula is C24H24N2O9S2. The molecule has 0 aromatic heterocycles. The number of rotatable bonds is 11. The number of hydrogen-bond donors (Lipinski definition) is 4. The van der Waals surface area contributed by atoms with Gasteiger partial charge in [0, 0.05) is 25.4 Å². The number of ether oxygens (including phenoxy) is 2. The maximum atomic E-state index is 12.9. The molecule has 196 valence electrons. The molecule has 0 bridgehead atoms. The van der Waals surface area contributed by atoms with Crippen LogP contribution in [0.4, 0.5) is 0 Å². The second kappa shape index (κ2) is 14.0. The summed E-state index contributed by atoms with van der Waals surface area (Å²) in [6, 6.07) is 9.23. The van der Waals surface area contributed by atoms with E-state index in [-0.39, 0.29) is 34.1 Å². The fourth-order valence-corrected chi connectivity index (χ4v) is 3.97. The van der Waals surface area contributed by atoms with Crippen molar-refractivity contribution in [3.05, 3.63) is 59.7 Å². The second-order valence-corrected chi connectivity index (χ2v) is 8.79. The monoisotopic (exact) mass is 548 g/mol. The number of carbonyl (C=O) groups is 6. The van der Waals surface area contributed by atoms with Crippen LogP contribution in [0.1, 0.15) is 34.6 Å². The van der Waals surface area contributed by atoms with Crippen LogP contribution in [0.5, 0.6) is 11.5 Å². The molecule has 2 unspecified atom stereocenters. The van der Waals surface area contributed by atoms with Crippen LogP contribution in [0.25, 0.3) is 0 Å². The molecule has 0 saturated heterocycles. The Bertz CT molecular complexity index is 1200. The topological polar surface area (TPSA) is 165 Å². The van der Waals surface area contributed by atoms with Crippen molar-refractivity contribution in [2.24, 2.45) is 0 Å². The molecule has 2 atom stereocenters. The van der Waals surface area contributed by atoms with Gasteiger partial charge >= 0.3 is 17.9 Å². The number of aliphatic carboxylic acids is 1. The van der Waals surface area contributed by atoms with Crippen molar-refractivity contribution >= 4 is 59.2 Å². The molecule has 2 rings (SSSR count). The third-order valence-corrected chi connectivity index (χ3v) is 5.88. The molecule has 0 spiro atoms. The van der Waals surface area contributed by atoms with Gasteiger partial charge in [-0.1, -0.05) is 36.0 Å². The average Bonchev–Trinajstić information content (AvgIpc) is 2.84. The van der Waals surface area contributed by atoms with E-state index in [9.17, 15) is 33.9 Å². The maximum absolute atomic E-state index is 12.9.